The molecule has 2 aromatic rings. The number of benzene rings is 1. The first-order chi connectivity index (χ1) is 14.3. The van der Waals surface area contributed by atoms with E-state index in [4.69, 9.17) is 23.2 Å². The average molecular weight is 450 g/mol. The number of hydrogen-bond acceptors (Lipinski definition) is 4. The fourth-order valence-electron chi connectivity index (χ4n) is 4.32. The summed E-state index contributed by atoms with van der Waals surface area (Å²) in [4.78, 5) is 27.3. The summed E-state index contributed by atoms with van der Waals surface area (Å²) in [5.41, 5.74) is 0.466. The van der Waals surface area contributed by atoms with Gasteiger partial charge in [0.15, 0.2) is 0 Å². The molecule has 2 aliphatic heterocycles. The molecule has 2 amide bonds. The van der Waals surface area contributed by atoms with Crippen molar-refractivity contribution in [2.45, 2.75) is 57.5 Å². The third-order valence-corrected chi connectivity index (χ3v) is 6.34. The molecule has 30 heavy (non-hydrogen) atoms. The monoisotopic (exact) mass is 449 g/mol. The smallest absolute Gasteiger partial charge is 0.255 e. The Labute approximate surface area is 185 Å². The van der Waals surface area contributed by atoms with Gasteiger partial charge in [-0.2, -0.15) is 0 Å². The second-order valence-electron chi connectivity index (χ2n) is 8.25. The van der Waals surface area contributed by atoms with Crippen molar-refractivity contribution in [1.82, 2.24) is 25.0 Å². The van der Waals surface area contributed by atoms with E-state index in [1.165, 1.54) is 0 Å². The predicted molar refractivity (Wildman–Crippen MR) is 115 cm³/mol. The fourth-order valence-corrected chi connectivity index (χ4v) is 4.81. The molecule has 0 bridgehead atoms. The molecule has 1 aromatic carbocycles. The number of carbonyl (C=O) groups excluding carboxylic acids is 2. The molecule has 1 atom stereocenters. The Hall–Kier alpha value is -2.12. The number of carbonyl (C=O) groups is 2. The molecule has 1 N–H and O–H groups in total. The van der Waals surface area contributed by atoms with Crippen LogP contribution >= 0.6 is 23.2 Å². The van der Waals surface area contributed by atoms with Gasteiger partial charge in [0.1, 0.15) is 17.7 Å². The molecule has 3 heterocycles. The van der Waals surface area contributed by atoms with Crippen molar-refractivity contribution in [3.05, 3.63) is 45.5 Å². The fraction of sp³-hybridized carbons (Fsp3) is 0.524. The summed E-state index contributed by atoms with van der Waals surface area (Å²) in [6, 6.07) is 4.78. The van der Waals surface area contributed by atoms with E-state index in [1.54, 1.807) is 18.2 Å². The minimum absolute atomic E-state index is 0.0230. The van der Waals surface area contributed by atoms with Crippen LogP contribution in [0.15, 0.2) is 18.2 Å². The van der Waals surface area contributed by atoms with Gasteiger partial charge in [-0.1, -0.05) is 23.2 Å². The molecule has 1 unspecified atom stereocenters. The molecular weight excluding hydrogens is 425 g/mol. The summed E-state index contributed by atoms with van der Waals surface area (Å²) in [7, 11) is 0. The van der Waals surface area contributed by atoms with Gasteiger partial charge in [0, 0.05) is 36.5 Å². The third kappa shape index (κ3) is 4.05. The molecule has 0 aliphatic carbocycles. The SMILES string of the molecule is CC(C)NC(=O)C1CCc2nnc(C3CCN(C(=O)c4ccc(Cl)cc4Cl)CC3)n21. The van der Waals surface area contributed by atoms with Crippen molar-refractivity contribution in [2.75, 3.05) is 13.1 Å². The number of piperidine rings is 1. The lowest BCUT2D eigenvalue weighted by molar-refractivity contribution is -0.124. The Kier molecular flexibility index (Phi) is 6.02. The van der Waals surface area contributed by atoms with E-state index in [1.807, 2.05) is 23.3 Å². The Bertz CT molecular complexity index is 966. The second kappa shape index (κ2) is 8.55. The lowest BCUT2D eigenvalue weighted by Crippen LogP contribution is -2.39. The van der Waals surface area contributed by atoms with Crippen molar-refractivity contribution in [2.24, 2.45) is 0 Å². The van der Waals surface area contributed by atoms with E-state index in [0.29, 0.717) is 28.7 Å². The van der Waals surface area contributed by atoms with Gasteiger partial charge in [0.2, 0.25) is 5.91 Å². The topological polar surface area (TPSA) is 80.1 Å². The number of fused-ring (bicyclic) bond motifs is 1. The minimum Gasteiger partial charge on any atom is -0.352 e. The summed E-state index contributed by atoms with van der Waals surface area (Å²) >= 11 is 12.1. The molecule has 0 saturated carbocycles. The third-order valence-electron chi connectivity index (χ3n) is 5.79. The standard InChI is InChI=1S/C21H25Cl2N5O2/c1-12(2)24-20(29)17-5-6-18-25-26-19(28(17)18)13-7-9-27(10-8-13)21(30)15-4-3-14(22)11-16(15)23/h3-4,11-13,17H,5-10H2,1-2H3,(H,24,29). The molecule has 1 saturated heterocycles. The Morgan fingerprint density at radius 3 is 2.53 bits per heavy atom. The number of rotatable bonds is 4. The number of nitrogens with one attached hydrogen (secondary N) is 1. The summed E-state index contributed by atoms with van der Waals surface area (Å²) in [5, 5.41) is 12.6. The van der Waals surface area contributed by atoms with Gasteiger partial charge in [0.25, 0.3) is 5.91 Å². The normalized spacial score (nSPS) is 19.2. The van der Waals surface area contributed by atoms with Crippen LogP contribution in [0, 0.1) is 0 Å². The van der Waals surface area contributed by atoms with Gasteiger partial charge < -0.3 is 14.8 Å². The van der Waals surface area contributed by atoms with Gasteiger partial charge in [-0.05, 0) is 51.3 Å². The van der Waals surface area contributed by atoms with E-state index in [2.05, 4.69) is 15.5 Å². The first kappa shape index (κ1) is 21.1. The van der Waals surface area contributed by atoms with Crippen molar-refractivity contribution < 1.29 is 9.59 Å². The van der Waals surface area contributed by atoms with Crippen LogP contribution in [0.3, 0.4) is 0 Å². The van der Waals surface area contributed by atoms with Crippen molar-refractivity contribution >= 4 is 35.0 Å². The van der Waals surface area contributed by atoms with Gasteiger partial charge in [-0.15, -0.1) is 10.2 Å². The van der Waals surface area contributed by atoms with E-state index >= 15 is 0 Å². The maximum absolute atomic E-state index is 12.9. The number of nitrogens with zero attached hydrogens (tertiary/aromatic N) is 4. The Balaban J connectivity index is 1.46. The first-order valence-electron chi connectivity index (χ1n) is 10.3. The number of hydrogen-bond donors (Lipinski definition) is 1. The zero-order valence-corrected chi connectivity index (χ0v) is 18.6. The lowest BCUT2D eigenvalue weighted by atomic mass is 9.95. The minimum atomic E-state index is -0.250. The highest BCUT2D eigenvalue weighted by molar-refractivity contribution is 6.36. The van der Waals surface area contributed by atoms with Crippen LogP contribution in [0.4, 0.5) is 0 Å². The highest BCUT2D eigenvalue weighted by atomic mass is 35.5. The van der Waals surface area contributed by atoms with Crippen LogP contribution in [0.1, 0.15) is 67.1 Å². The molecule has 2 aliphatic rings. The van der Waals surface area contributed by atoms with E-state index < -0.39 is 0 Å². The molecular formula is C21H25Cl2N5O2. The zero-order chi connectivity index (χ0) is 21.4. The van der Waals surface area contributed by atoms with Crippen molar-refractivity contribution in [1.29, 1.82) is 0 Å². The number of amides is 2. The summed E-state index contributed by atoms with van der Waals surface area (Å²) in [5.74, 6) is 1.84. The molecule has 160 valence electrons. The Morgan fingerprint density at radius 2 is 1.87 bits per heavy atom. The van der Waals surface area contributed by atoms with Crippen LogP contribution < -0.4 is 5.32 Å². The maximum Gasteiger partial charge on any atom is 0.255 e. The van der Waals surface area contributed by atoms with E-state index in [9.17, 15) is 9.59 Å². The van der Waals surface area contributed by atoms with E-state index in [0.717, 1.165) is 37.3 Å². The molecule has 1 aromatic heterocycles. The van der Waals surface area contributed by atoms with Crippen LogP contribution in [-0.4, -0.2) is 50.6 Å². The summed E-state index contributed by atoms with van der Waals surface area (Å²) in [6.07, 6.45) is 3.06. The quantitative estimate of drug-likeness (QED) is 0.772. The number of likely N-dealkylation sites (tertiary alicyclic amines) is 1. The van der Waals surface area contributed by atoms with Crippen LogP contribution in [0.25, 0.3) is 0 Å². The zero-order valence-electron chi connectivity index (χ0n) is 17.1. The summed E-state index contributed by atoms with van der Waals surface area (Å²) < 4.78 is 2.02. The van der Waals surface area contributed by atoms with Crippen molar-refractivity contribution in [3.8, 4) is 0 Å². The lowest BCUT2D eigenvalue weighted by Gasteiger charge is -2.32. The predicted octanol–water partition coefficient (Wildman–Crippen LogP) is 3.62. The number of aromatic nitrogens is 3. The highest BCUT2D eigenvalue weighted by Crippen LogP contribution is 2.34. The first-order valence-corrected chi connectivity index (χ1v) is 11.1. The molecule has 4 rings (SSSR count). The molecule has 9 heteroatoms. The average Bonchev–Trinajstić information content (AvgIpc) is 3.29. The van der Waals surface area contributed by atoms with Crippen LogP contribution in [0.2, 0.25) is 10.0 Å². The van der Waals surface area contributed by atoms with Crippen LogP contribution in [0.5, 0.6) is 0 Å². The van der Waals surface area contributed by atoms with E-state index in [-0.39, 0.29) is 29.8 Å². The van der Waals surface area contributed by atoms with Gasteiger partial charge in [-0.3, -0.25) is 9.59 Å². The van der Waals surface area contributed by atoms with Crippen molar-refractivity contribution in [3.63, 3.8) is 0 Å². The molecule has 7 nitrogen and oxygen atoms in total. The maximum atomic E-state index is 12.9. The van der Waals surface area contributed by atoms with Gasteiger partial charge in [-0.25, -0.2) is 0 Å². The molecule has 0 spiro atoms. The Morgan fingerprint density at radius 1 is 1.13 bits per heavy atom. The number of aryl methyl sites for hydroxylation is 1. The highest BCUT2D eigenvalue weighted by Gasteiger charge is 2.36. The van der Waals surface area contributed by atoms with Crippen LogP contribution in [-0.2, 0) is 11.2 Å². The second-order valence-corrected chi connectivity index (χ2v) is 9.10. The summed E-state index contributed by atoms with van der Waals surface area (Å²) in [6.45, 7) is 5.13. The molecule has 1 fully saturated rings. The molecule has 0 radical (unpaired) electrons. The number of halogens is 2. The van der Waals surface area contributed by atoms with Gasteiger partial charge >= 0.3 is 0 Å². The van der Waals surface area contributed by atoms with Gasteiger partial charge in [0.05, 0.1) is 10.6 Å². The largest absolute Gasteiger partial charge is 0.352 e.